The van der Waals surface area contributed by atoms with Crippen LogP contribution in [0.15, 0.2) is 51.6 Å². The highest BCUT2D eigenvalue weighted by Crippen LogP contribution is 2.24. The van der Waals surface area contributed by atoms with Crippen LogP contribution in [0.25, 0.3) is 11.4 Å². The van der Waals surface area contributed by atoms with Gasteiger partial charge in [-0.25, -0.2) is 0 Å². The summed E-state index contributed by atoms with van der Waals surface area (Å²) in [7, 11) is 1.60. The molecule has 7 nitrogen and oxygen atoms in total. The molecule has 0 spiro atoms. The highest BCUT2D eigenvalue weighted by molar-refractivity contribution is 5.57. The third-order valence-electron chi connectivity index (χ3n) is 3.39. The first-order valence-corrected chi connectivity index (χ1v) is 7.07. The smallest absolute Gasteiger partial charge is 0.321 e. The number of aromatic nitrogens is 2. The van der Waals surface area contributed by atoms with E-state index in [0.717, 1.165) is 5.56 Å². The highest BCUT2D eigenvalue weighted by Gasteiger charge is 2.26. The Bertz CT molecular complexity index is 765. The number of ether oxygens (including phenoxy) is 1. The predicted octanol–water partition coefficient (Wildman–Crippen LogP) is 2.66. The van der Waals surface area contributed by atoms with Crippen LogP contribution in [0.3, 0.4) is 0 Å². The van der Waals surface area contributed by atoms with E-state index < -0.39 is 5.60 Å². The Balaban J connectivity index is 1.70. The number of rotatable bonds is 6. The van der Waals surface area contributed by atoms with E-state index in [1.165, 1.54) is 6.26 Å². The molecule has 120 valence electrons. The van der Waals surface area contributed by atoms with Crippen LogP contribution < -0.4 is 10.1 Å². The first kappa shape index (κ1) is 15.1. The van der Waals surface area contributed by atoms with Crippen molar-refractivity contribution in [3.05, 3.63) is 48.4 Å². The average molecular weight is 315 g/mol. The zero-order valence-electron chi connectivity index (χ0n) is 12.8. The summed E-state index contributed by atoms with van der Waals surface area (Å²) in [6.45, 7) is 1.80. The van der Waals surface area contributed by atoms with Gasteiger partial charge in [0.2, 0.25) is 5.82 Å². The molecule has 0 bridgehead atoms. The van der Waals surface area contributed by atoms with Crippen molar-refractivity contribution < 1.29 is 18.8 Å². The molecule has 2 heterocycles. The second-order valence-corrected chi connectivity index (χ2v) is 5.26. The first-order chi connectivity index (χ1) is 11.1. The van der Waals surface area contributed by atoms with E-state index in [-0.39, 0.29) is 12.6 Å². The maximum absolute atomic E-state index is 10.4. The molecule has 3 rings (SSSR count). The summed E-state index contributed by atoms with van der Waals surface area (Å²) in [6, 6.07) is 11.0. The minimum atomic E-state index is -1.19. The fourth-order valence-electron chi connectivity index (χ4n) is 2.09. The fourth-order valence-corrected chi connectivity index (χ4v) is 2.09. The summed E-state index contributed by atoms with van der Waals surface area (Å²) in [5.74, 6) is 1.60. The number of methoxy groups -OCH3 is 1. The Morgan fingerprint density at radius 3 is 2.91 bits per heavy atom. The standard InChI is InChI=1S/C16H17N3O4/c1-16(20,13-7-4-8-22-13)10-17-15-18-14(19-23-15)11-5-3-6-12(9-11)21-2/h3-9,20H,10H2,1-2H3,(H,17,18,19). The van der Waals surface area contributed by atoms with Crippen LogP contribution >= 0.6 is 0 Å². The molecule has 0 radical (unpaired) electrons. The number of aliphatic hydroxyl groups is 1. The van der Waals surface area contributed by atoms with E-state index in [1.54, 1.807) is 26.2 Å². The van der Waals surface area contributed by atoms with Gasteiger partial charge < -0.3 is 24.1 Å². The predicted molar refractivity (Wildman–Crippen MR) is 83.1 cm³/mol. The summed E-state index contributed by atoms with van der Waals surface area (Å²) in [4.78, 5) is 4.25. The summed E-state index contributed by atoms with van der Waals surface area (Å²) in [6.07, 6.45) is 1.51. The molecule has 23 heavy (non-hydrogen) atoms. The molecule has 1 aromatic carbocycles. The lowest BCUT2D eigenvalue weighted by atomic mass is 10.0. The second kappa shape index (κ2) is 6.13. The van der Waals surface area contributed by atoms with Gasteiger partial charge in [-0.3, -0.25) is 0 Å². The van der Waals surface area contributed by atoms with Crippen molar-refractivity contribution in [3.8, 4) is 17.1 Å². The van der Waals surface area contributed by atoms with Gasteiger partial charge in [0.25, 0.3) is 0 Å². The Hall–Kier alpha value is -2.80. The van der Waals surface area contributed by atoms with E-state index in [2.05, 4.69) is 15.5 Å². The van der Waals surface area contributed by atoms with E-state index in [0.29, 0.717) is 17.3 Å². The lowest BCUT2D eigenvalue weighted by molar-refractivity contribution is 0.0470. The van der Waals surface area contributed by atoms with Crippen molar-refractivity contribution in [2.75, 3.05) is 19.0 Å². The quantitative estimate of drug-likeness (QED) is 0.722. The molecule has 0 saturated heterocycles. The fraction of sp³-hybridized carbons (Fsp3) is 0.250. The molecule has 3 aromatic rings. The molecule has 0 aliphatic carbocycles. The highest BCUT2D eigenvalue weighted by atomic mass is 16.5. The van der Waals surface area contributed by atoms with Crippen LogP contribution in [0.4, 0.5) is 6.01 Å². The zero-order valence-corrected chi connectivity index (χ0v) is 12.8. The Morgan fingerprint density at radius 2 is 2.17 bits per heavy atom. The van der Waals surface area contributed by atoms with Gasteiger partial charge in [-0.1, -0.05) is 17.3 Å². The molecule has 1 unspecified atom stereocenters. The van der Waals surface area contributed by atoms with Gasteiger partial charge in [0.05, 0.1) is 19.9 Å². The van der Waals surface area contributed by atoms with Gasteiger partial charge in [0.15, 0.2) is 0 Å². The number of furan rings is 1. The molecule has 2 aromatic heterocycles. The van der Waals surface area contributed by atoms with Crippen molar-refractivity contribution >= 4 is 6.01 Å². The van der Waals surface area contributed by atoms with Gasteiger partial charge in [0, 0.05) is 5.56 Å². The lowest BCUT2D eigenvalue weighted by Gasteiger charge is -2.20. The maximum atomic E-state index is 10.4. The SMILES string of the molecule is COc1cccc(-c2noc(NCC(C)(O)c3ccco3)n2)c1. The molecule has 0 fully saturated rings. The third kappa shape index (κ3) is 3.35. The third-order valence-corrected chi connectivity index (χ3v) is 3.39. The summed E-state index contributed by atoms with van der Waals surface area (Å²) >= 11 is 0. The minimum Gasteiger partial charge on any atom is -0.497 e. The number of anilines is 1. The molecule has 0 aliphatic rings. The molecule has 2 N–H and O–H groups in total. The molecule has 1 atom stereocenters. The summed E-state index contributed by atoms with van der Waals surface area (Å²) < 4.78 is 15.5. The average Bonchev–Trinajstić information content (AvgIpc) is 3.25. The van der Waals surface area contributed by atoms with Gasteiger partial charge in [-0.15, -0.1) is 0 Å². The van der Waals surface area contributed by atoms with E-state index in [1.807, 2.05) is 24.3 Å². The van der Waals surface area contributed by atoms with E-state index in [4.69, 9.17) is 13.7 Å². The minimum absolute atomic E-state index is 0.167. The number of benzene rings is 1. The molecule has 0 saturated carbocycles. The van der Waals surface area contributed by atoms with Crippen LogP contribution in [0.1, 0.15) is 12.7 Å². The first-order valence-electron chi connectivity index (χ1n) is 7.07. The number of hydrogen-bond acceptors (Lipinski definition) is 7. The van der Waals surface area contributed by atoms with Gasteiger partial charge >= 0.3 is 6.01 Å². The molecular weight excluding hydrogens is 298 g/mol. The van der Waals surface area contributed by atoms with Gasteiger partial charge in [-0.2, -0.15) is 4.98 Å². The second-order valence-electron chi connectivity index (χ2n) is 5.26. The topological polar surface area (TPSA) is 93.6 Å². The molecular formula is C16H17N3O4. The Labute approximate surface area is 132 Å². The number of nitrogens with one attached hydrogen (secondary N) is 1. The number of nitrogens with zero attached hydrogens (tertiary/aromatic N) is 2. The normalized spacial score (nSPS) is 13.5. The van der Waals surface area contributed by atoms with E-state index in [9.17, 15) is 5.11 Å². The van der Waals surface area contributed by atoms with Gasteiger partial charge in [0.1, 0.15) is 17.1 Å². The Kier molecular flexibility index (Phi) is 4.03. The largest absolute Gasteiger partial charge is 0.497 e. The van der Waals surface area contributed by atoms with Gasteiger partial charge in [-0.05, 0) is 31.2 Å². The van der Waals surface area contributed by atoms with Crippen LogP contribution in [0.5, 0.6) is 5.75 Å². The van der Waals surface area contributed by atoms with Crippen LogP contribution in [0, 0.1) is 0 Å². The van der Waals surface area contributed by atoms with E-state index >= 15 is 0 Å². The van der Waals surface area contributed by atoms with Crippen LogP contribution in [0.2, 0.25) is 0 Å². The van der Waals surface area contributed by atoms with Crippen molar-refractivity contribution in [3.63, 3.8) is 0 Å². The molecule has 0 aliphatic heterocycles. The summed E-state index contributed by atoms with van der Waals surface area (Å²) in [5, 5.41) is 17.2. The zero-order chi connectivity index (χ0) is 16.3. The lowest BCUT2D eigenvalue weighted by Crippen LogP contribution is -2.30. The monoisotopic (exact) mass is 315 g/mol. The maximum Gasteiger partial charge on any atom is 0.321 e. The molecule has 0 amide bonds. The van der Waals surface area contributed by atoms with Crippen molar-refractivity contribution in [1.82, 2.24) is 10.1 Å². The molecule has 7 heteroatoms. The van der Waals surface area contributed by atoms with Crippen molar-refractivity contribution in [2.45, 2.75) is 12.5 Å². The van der Waals surface area contributed by atoms with Crippen molar-refractivity contribution in [2.24, 2.45) is 0 Å². The Morgan fingerprint density at radius 1 is 1.30 bits per heavy atom. The van der Waals surface area contributed by atoms with Crippen LogP contribution in [-0.4, -0.2) is 28.9 Å². The van der Waals surface area contributed by atoms with Crippen molar-refractivity contribution in [1.29, 1.82) is 0 Å². The summed E-state index contributed by atoms with van der Waals surface area (Å²) in [5.41, 5.74) is -0.410. The number of hydrogen-bond donors (Lipinski definition) is 2. The van der Waals surface area contributed by atoms with Crippen LogP contribution in [-0.2, 0) is 5.60 Å².